The van der Waals surface area contributed by atoms with Crippen molar-refractivity contribution in [1.29, 1.82) is 0 Å². The van der Waals surface area contributed by atoms with Crippen LogP contribution < -0.4 is 15.8 Å². The molecule has 4 nitrogen and oxygen atoms in total. The minimum atomic E-state index is -0.465. The molecule has 0 atom stereocenters. The molecule has 0 radical (unpaired) electrons. The van der Waals surface area contributed by atoms with Crippen molar-refractivity contribution in [3.63, 3.8) is 0 Å². The number of halogens is 2. The maximum absolute atomic E-state index is 12.9. The molecule has 0 aliphatic rings. The molecular weight excluding hydrogens is 295 g/mol. The van der Waals surface area contributed by atoms with Gasteiger partial charge in [-0.05, 0) is 42.8 Å². The third-order valence-electron chi connectivity index (χ3n) is 2.73. The smallest absolute Gasteiger partial charge is 0.262 e. The molecule has 6 heteroatoms. The number of anilines is 2. The third kappa shape index (κ3) is 4.10. The Kier molecular flexibility index (Phi) is 4.65. The van der Waals surface area contributed by atoms with E-state index in [1.807, 2.05) is 13.0 Å². The summed E-state index contributed by atoms with van der Waals surface area (Å²) in [6.45, 7) is 1.68. The minimum Gasteiger partial charge on any atom is -0.482 e. The van der Waals surface area contributed by atoms with Crippen LogP contribution in [0, 0.1) is 12.7 Å². The van der Waals surface area contributed by atoms with Gasteiger partial charge in [0.05, 0.1) is 16.4 Å². The number of hydrogen-bond donors (Lipinski definition) is 2. The number of amides is 1. The van der Waals surface area contributed by atoms with Crippen LogP contribution in [0.2, 0.25) is 5.02 Å². The Hall–Kier alpha value is -2.27. The van der Waals surface area contributed by atoms with Crippen molar-refractivity contribution in [2.24, 2.45) is 0 Å². The predicted molar refractivity (Wildman–Crippen MR) is 81.1 cm³/mol. The molecular formula is C15H14ClFN2O2. The lowest BCUT2D eigenvalue weighted by Crippen LogP contribution is -2.21. The molecule has 0 fully saturated rings. The fourth-order valence-corrected chi connectivity index (χ4v) is 1.99. The van der Waals surface area contributed by atoms with E-state index in [-0.39, 0.29) is 12.3 Å². The summed E-state index contributed by atoms with van der Waals surface area (Å²) in [5.74, 6) is -0.456. The molecule has 2 aromatic rings. The Morgan fingerprint density at radius 1 is 1.33 bits per heavy atom. The summed E-state index contributed by atoms with van der Waals surface area (Å²) in [5.41, 5.74) is 7.08. The Bertz CT molecular complexity index is 677. The molecule has 0 unspecified atom stereocenters. The van der Waals surface area contributed by atoms with Crippen LogP contribution in [-0.4, -0.2) is 12.5 Å². The fraction of sp³-hybridized carbons (Fsp3) is 0.133. The van der Waals surface area contributed by atoms with Crippen LogP contribution in [0.1, 0.15) is 5.56 Å². The van der Waals surface area contributed by atoms with Gasteiger partial charge in [0.15, 0.2) is 6.61 Å². The van der Waals surface area contributed by atoms with Crippen LogP contribution in [0.15, 0.2) is 36.4 Å². The maximum Gasteiger partial charge on any atom is 0.262 e. The molecule has 0 bridgehead atoms. The van der Waals surface area contributed by atoms with Gasteiger partial charge in [0, 0.05) is 0 Å². The zero-order valence-corrected chi connectivity index (χ0v) is 12.1. The van der Waals surface area contributed by atoms with Crippen LogP contribution in [0.4, 0.5) is 15.8 Å². The van der Waals surface area contributed by atoms with E-state index in [1.165, 1.54) is 12.1 Å². The largest absolute Gasteiger partial charge is 0.482 e. The molecule has 0 spiro atoms. The number of benzene rings is 2. The van der Waals surface area contributed by atoms with Crippen LogP contribution in [0.3, 0.4) is 0 Å². The summed E-state index contributed by atoms with van der Waals surface area (Å²) >= 11 is 6.00. The summed E-state index contributed by atoms with van der Waals surface area (Å²) in [6, 6.07) is 9.00. The first-order valence-electron chi connectivity index (χ1n) is 6.19. The van der Waals surface area contributed by atoms with Crippen LogP contribution >= 0.6 is 11.6 Å². The molecule has 0 aliphatic carbocycles. The van der Waals surface area contributed by atoms with E-state index >= 15 is 0 Å². The fourth-order valence-electron chi connectivity index (χ4n) is 1.70. The number of nitrogens with two attached hydrogens (primary N) is 1. The summed E-state index contributed by atoms with van der Waals surface area (Å²) < 4.78 is 18.2. The molecule has 3 N–H and O–H groups in total. The SMILES string of the molecule is Cc1ccc(OCC(=O)Nc2ccc(F)cc2N)c(Cl)c1. The van der Waals surface area contributed by atoms with Crippen molar-refractivity contribution in [2.45, 2.75) is 6.92 Å². The lowest BCUT2D eigenvalue weighted by Gasteiger charge is -2.10. The van der Waals surface area contributed by atoms with Gasteiger partial charge in [-0.25, -0.2) is 4.39 Å². The van der Waals surface area contributed by atoms with Crippen molar-refractivity contribution in [2.75, 3.05) is 17.7 Å². The number of hydrogen-bond acceptors (Lipinski definition) is 3. The minimum absolute atomic E-state index is 0.150. The molecule has 2 rings (SSSR count). The standard InChI is InChI=1S/C15H14ClFN2O2/c1-9-2-5-14(11(16)6-9)21-8-15(20)19-13-4-3-10(17)7-12(13)18/h2-7H,8,18H2,1H3,(H,19,20). The quantitative estimate of drug-likeness (QED) is 0.851. The Morgan fingerprint density at radius 3 is 2.76 bits per heavy atom. The number of nitrogen functional groups attached to an aromatic ring is 1. The van der Waals surface area contributed by atoms with Crippen molar-refractivity contribution in [1.82, 2.24) is 0 Å². The monoisotopic (exact) mass is 308 g/mol. The Morgan fingerprint density at radius 2 is 2.10 bits per heavy atom. The van der Waals surface area contributed by atoms with E-state index in [2.05, 4.69) is 5.32 Å². The summed E-state index contributed by atoms with van der Waals surface area (Å²) in [5, 5.41) is 2.97. The van der Waals surface area contributed by atoms with Crippen molar-refractivity contribution < 1.29 is 13.9 Å². The number of carbonyl (C=O) groups excluding carboxylic acids is 1. The zero-order valence-electron chi connectivity index (χ0n) is 11.3. The highest BCUT2D eigenvalue weighted by Crippen LogP contribution is 2.25. The van der Waals surface area contributed by atoms with Gasteiger partial charge in [-0.15, -0.1) is 0 Å². The topological polar surface area (TPSA) is 64.3 Å². The van der Waals surface area contributed by atoms with Crippen molar-refractivity contribution in [3.05, 3.63) is 52.8 Å². The van der Waals surface area contributed by atoms with Gasteiger partial charge in [0.25, 0.3) is 5.91 Å². The number of carbonyl (C=O) groups is 1. The van der Waals surface area contributed by atoms with Gasteiger partial charge >= 0.3 is 0 Å². The van der Waals surface area contributed by atoms with Gasteiger partial charge in [-0.2, -0.15) is 0 Å². The molecule has 0 aromatic heterocycles. The third-order valence-corrected chi connectivity index (χ3v) is 3.03. The highest BCUT2D eigenvalue weighted by Gasteiger charge is 2.08. The van der Waals surface area contributed by atoms with E-state index in [4.69, 9.17) is 22.1 Å². The first kappa shape index (κ1) is 15.1. The van der Waals surface area contributed by atoms with Gasteiger partial charge < -0.3 is 15.8 Å². The molecule has 0 heterocycles. The first-order valence-corrected chi connectivity index (χ1v) is 6.57. The first-order chi connectivity index (χ1) is 9.95. The number of nitrogens with one attached hydrogen (secondary N) is 1. The van der Waals surface area contributed by atoms with E-state index in [0.29, 0.717) is 16.5 Å². The normalized spacial score (nSPS) is 10.2. The Labute approximate surface area is 126 Å². The second-order valence-corrected chi connectivity index (χ2v) is 4.91. The van der Waals surface area contributed by atoms with Crippen LogP contribution in [-0.2, 0) is 4.79 Å². The lowest BCUT2D eigenvalue weighted by molar-refractivity contribution is -0.118. The lowest BCUT2D eigenvalue weighted by atomic mass is 10.2. The van der Waals surface area contributed by atoms with E-state index in [1.54, 1.807) is 12.1 Å². The molecule has 110 valence electrons. The van der Waals surface area contributed by atoms with Crippen LogP contribution in [0.5, 0.6) is 5.75 Å². The zero-order chi connectivity index (χ0) is 15.4. The summed E-state index contributed by atoms with van der Waals surface area (Å²) in [6.07, 6.45) is 0. The second-order valence-electron chi connectivity index (χ2n) is 4.50. The van der Waals surface area contributed by atoms with E-state index in [9.17, 15) is 9.18 Å². The molecule has 2 aromatic carbocycles. The average Bonchev–Trinajstić information content (AvgIpc) is 2.41. The second kappa shape index (κ2) is 6.45. The number of aryl methyl sites for hydroxylation is 1. The van der Waals surface area contributed by atoms with E-state index in [0.717, 1.165) is 11.6 Å². The molecule has 0 aliphatic heterocycles. The van der Waals surface area contributed by atoms with E-state index < -0.39 is 11.7 Å². The predicted octanol–water partition coefficient (Wildman–Crippen LogP) is 3.39. The molecule has 0 saturated carbocycles. The number of rotatable bonds is 4. The average molecular weight is 309 g/mol. The summed E-state index contributed by atoms with van der Waals surface area (Å²) in [4.78, 5) is 11.8. The van der Waals surface area contributed by atoms with Gasteiger partial charge in [-0.3, -0.25) is 4.79 Å². The van der Waals surface area contributed by atoms with Crippen molar-refractivity contribution in [3.8, 4) is 5.75 Å². The van der Waals surface area contributed by atoms with Gasteiger partial charge in [-0.1, -0.05) is 17.7 Å². The molecule has 0 saturated heterocycles. The van der Waals surface area contributed by atoms with Gasteiger partial charge in [0.2, 0.25) is 0 Å². The molecule has 1 amide bonds. The number of ether oxygens (including phenoxy) is 1. The Balaban J connectivity index is 1.96. The highest BCUT2D eigenvalue weighted by atomic mass is 35.5. The highest BCUT2D eigenvalue weighted by molar-refractivity contribution is 6.32. The maximum atomic E-state index is 12.9. The summed E-state index contributed by atoms with van der Waals surface area (Å²) in [7, 11) is 0. The van der Waals surface area contributed by atoms with Crippen molar-refractivity contribution >= 4 is 28.9 Å². The molecule has 21 heavy (non-hydrogen) atoms. The van der Waals surface area contributed by atoms with Gasteiger partial charge in [0.1, 0.15) is 11.6 Å². The van der Waals surface area contributed by atoms with Crippen LogP contribution in [0.25, 0.3) is 0 Å².